The predicted octanol–water partition coefficient (Wildman–Crippen LogP) is 1.92. The number of piperidine rings is 1. The fourth-order valence-electron chi connectivity index (χ4n) is 2.69. The van der Waals surface area contributed by atoms with Crippen LogP contribution in [0.25, 0.3) is 0 Å². The van der Waals surface area contributed by atoms with Gasteiger partial charge in [-0.2, -0.15) is 0 Å². The molecule has 0 spiro atoms. The number of rotatable bonds is 5. The quantitative estimate of drug-likeness (QED) is 0.901. The minimum absolute atomic E-state index is 0.0437. The number of nitrogens with zero attached hydrogens (tertiary/aromatic N) is 1. The van der Waals surface area contributed by atoms with E-state index in [1.165, 1.54) is 0 Å². The molecule has 1 N–H and O–H groups in total. The molecule has 1 aromatic carbocycles. The van der Waals surface area contributed by atoms with E-state index < -0.39 is 0 Å². The predicted molar refractivity (Wildman–Crippen MR) is 82.1 cm³/mol. The third kappa shape index (κ3) is 3.88. The van der Waals surface area contributed by atoms with Gasteiger partial charge < -0.3 is 19.7 Å². The van der Waals surface area contributed by atoms with E-state index in [4.69, 9.17) is 9.47 Å². The second-order valence-electron chi connectivity index (χ2n) is 5.23. The topological polar surface area (TPSA) is 50.8 Å². The minimum Gasteiger partial charge on any atom is -0.497 e. The Bertz CT molecular complexity index is 460. The van der Waals surface area contributed by atoms with Crippen LogP contribution in [0.15, 0.2) is 18.2 Å². The number of hydrogen-bond donors (Lipinski definition) is 1. The Morgan fingerprint density at radius 1 is 1.19 bits per heavy atom. The molecule has 116 valence electrons. The molecule has 21 heavy (non-hydrogen) atoms. The molecule has 1 aliphatic rings. The molecule has 0 atom stereocenters. The Labute approximate surface area is 126 Å². The zero-order valence-electron chi connectivity index (χ0n) is 13.0. The van der Waals surface area contributed by atoms with E-state index in [9.17, 15) is 4.79 Å². The van der Waals surface area contributed by atoms with Gasteiger partial charge in [-0.25, -0.2) is 0 Å². The van der Waals surface area contributed by atoms with Crippen molar-refractivity contribution < 1.29 is 14.3 Å². The van der Waals surface area contributed by atoms with Crippen LogP contribution in [0.5, 0.6) is 11.5 Å². The molecule has 1 aromatic rings. The standard InChI is InChI=1S/C16H24N2O3/c1-4-17-13-5-7-18(8-6-13)16(19)12-9-14(20-2)11-15(10-12)21-3/h9-11,13,17H,4-8H2,1-3H3. The van der Waals surface area contributed by atoms with E-state index in [1.807, 2.05) is 4.90 Å². The van der Waals surface area contributed by atoms with Gasteiger partial charge in [0, 0.05) is 30.8 Å². The number of hydrogen-bond acceptors (Lipinski definition) is 4. The van der Waals surface area contributed by atoms with Crippen molar-refractivity contribution in [2.24, 2.45) is 0 Å². The summed E-state index contributed by atoms with van der Waals surface area (Å²) in [5.74, 6) is 1.32. The van der Waals surface area contributed by atoms with Gasteiger partial charge in [0.1, 0.15) is 11.5 Å². The highest BCUT2D eigenvalue weighted by Gasteiger charge is 2.23. The normalized spacial score (nSPS) is 15.9. The van der Waals surface area contributed by atoms with Crippen molar-refractivity contribution >= 4 is 5.91 Å². The lowest BCUT2D eigenvalue weighted by Gasteiger charge is -2.32. The molecule has 1 aliphatic heterocycles. The zero-order valence-corrected chi connectivity index (χ0v) is 13.0. The Morgan fingerprint density at radius 3 is 2.24 bits per heavy atom. The molecule has 0 bridgehead atoms. The highest BCUT2D eigenvalue weighted by molar-refractivity contribution is 5.95. The summed E-state index contributed by atoms with van der Waals surface area (Å²) in [6, 6.07) is 5.83. The van der Waals surface area contributed by atoms with E-state index >= 15 is 0 Å². The molecular formula is C16H24N2O3. The van der Waals surface area contributed by atoms with Gasteiger partial charge in [-0.1, -0.05) is 6.92 Å². The van der Waals surface area contributed by atoms with Crippen LogP contribution in [0.4, 0.5) is 0 Å². The lowest BCUT2D eigenvalue weighted by Crippen LogP contribution is -2.44. The van der Waals surface area contributed by atoms with E-state index in [2.05, 4.69) is 12.2 Å². The van der Waals surface area contributed by atoms with Crippen LogP contribution in [0.2, 0.25) is 0 Å². The molecule has 5 nitrogen and oxygen atoms in total. The Balaban J connectivity index is 2.06. The summed E-state index contributed by atoms with van der Waals surface area (Å²) in [5.41, 5.74) is 0.619. The van der Waals surface area contributed by atoms with Gasteiger partial charge in [0.25, 0.3) is 5.91 Å². The van der Waals surface area contributed by atoms with Crippen molar-refractivity contribution in [3.05, 3.63) is 23.8 Å². The highest BCUT2D eigenvalue weighted by Crippen LogP contribution is 2.24. The molecule has 2 rings (SSSR count). The number of methoxy groups -OCH3 is 2. The average Bonchev–Trinajstić information content (AvgIpc) is 2.54. The van der Waals surface area contributed by atoms with Crippen molar-refractivity contribution in [2.75, 3.05) is 33.9 Å². The van der Waals surface area contributed by atoms with Gasteiger partial charge in [0.15, 0.2) is 0 Å². The average molecular weight is 292 g/mol. The smallest absolute Gasteiger partial charge is 0.254 e. The summed E-state index contributed by atoms with van der Waals surface area (Å²) in [6.45, 7) is 4.66. The molecule has 0 unspecified atom stereocenters. The van der Waals surface area contributed by atoms with Gasteiger partial charge in [0.05, 0.1) is 14.2 Å². The summed E-state index contributed by atoms with van der Waals surface area (Å²) in [7, 11) is 3.18. The first kappa shape index (κ1) is 15.6. The monoisotopic (exact) mass is 292 g/mol. The molecule has 1 saturated heterocycles. The Kier molecular flexibility index (Phi) is 5.44. The van der Waals surface area contributed by atoms with E-state index in [0.717, 1.165) is 32.5 Å². The lowest BCUT2D eigenvalue weighted by atomic mass is 10.0. The Hall–Kier alpha value is -1.75. The van der Waals surface area contributed by atoms with Crippen LogP contribution in [0.1, 0.15) is 30.1 Å². The largest absolute Gasteiger partial charge is 0.497 e. The van der Waals surface area contributed by atoms with Crippen molar-refractivity contribution in [3.63, 3.8) is 0 Å². The maximum Gasteiger partial charge on any atom is 0.254 e. The number of nitrogens with one attached hydrogen (secondary N) is 1. The van der Waals surface area contributed by atoms with Gasteiger partial charge in [0.2, 0.25) is 0 Å². The first-order chi connectivity index (χ1) is 10.2. The zero-order chi connectivity index (χ0) is 15.2. The lowest BCUT2D eigenvalue weighted by molar-refractivity contribution is 0.0705. The van der Waals surface area contributed by atoms with Gasteiger partial charge in [-0.05, 0) is 31.5 Å². The number of carbonyl (C=O) groups excluding carboxylic acids is 1. The summed E-state index contributed by atoms with van der Waals surface area (Å²) in [5, 5.41) is 3.44. The number of likely N-dealkylation sites (tertiary alicyclic amines) is 1. The maximum atomic E-state index is 12.6. The maximum absolute atomic E-state index is 12.6. The van der Waals surface area contributed by atoms with Crippen molar-refractivity contribution in [1.29, 1.82) is 0 Å². The van der Waals surface area contributed by atoms with Crippen LogP contribution < -0.4 is 14.8 Å². The Morgan fingerprint density at radius 2 is 1.76 bits per heavy atom. The van der Waals surface area contributed by atoms with Crippen molar-refractivity contribution in [2.45, 2.75) is 25.8 Å². The molecular weight excluding hydrogens is 268 g/mol. The third-order valence-corrected chi connectivity index (χ3v) is 3.87. The first-order valence-corrected chi connectivity index (χ1v) is 7.43. The van der Waals surface area contributed by atoms with Crippen LogP contribution in [-0.4, -0.2) is 50.7 Å². The second kappa shape index (κ2) is 7.31. The second-order valence-corrected chi connectivity index (χ2v) is 5.23. The summed E-state index contributed by atoms with van der Waals surface area (Å²) >= 11 is 0. The number of carbonyl (C=O) groups is 1. The van der Waals surface area contributed by atoms with Gasteiger partial charge in [-0.15, -0.1) is 0 Å². The number of benzene rings is 1. The summed E-state index contributed by atoms with van der Waals surface area (Å²) < 4.78 is 10.4. The van der Waals surface area contributed by atoms with E-state index in [1.54, 1.807) is 32.4 Å². The SMILES string of the molecule is CCNC1CCN(C(=O)c2cc(OC)cc(OC)c2)CC1. The first-order valence-electron chi connectivity index (χ1n) is 7.43. The van der Waals surface area contributed by atoms with Crippen LogP contribution in [0.3, 0.4) is 0 Å². The molecule has 5 heteroatoms. The molecule has 1 fully saturated rings. The highest BCUT2D eigenvalue weighted by atomic mass is 16.5. The summed E-state index contributed by atoms with van der Waals surface area (Å²) in [4.78, 5) is 14.5. The molecule has 1 amide bonds. The molecule has 1 heterocycles. The fraction of sp³-hybridized carbons (Fsp3) is 0.562. The van der Waals surface area contributed by atoms with Crippen molar-refractivity contribution in [3.8, 4) is 11.5 Å². The van der Waals surface area contributed by atoms with Crippen molar-refractivity contribution in [1.82, 2.24) is 10.2 Å². The molecule has 0 radical (unpaired) electrons. The molecule has 0 aliphatic carbocycles. The van der Waals surface area contributed by atoms with Crippen LogP contribution in [-0.2, 0) is 0 Å². The van der Waals surface area contributed by atoms with Crippen LogP contribution in [0, 0.1) is 0 Å². The van der Waals surface area contributed by atoms with E-state index in [-0.39, 0.29) is 5.91 Å². The van der Waals surface area contributed by atoms with Gasteiger partial charge >= 0.3 is 0 Å². The minimum atomic E-state index is 0.0437. The third-order valence-electron chi connectivity index (χ3n) is 3.87. The fourth-order valence-corrected chi connectivity index (χ4v) is 2.69. The molecule has 0 aromatic heterocycles. The van der Waals surface area contributed by atoms with Gasteiger partial charge in [-0.3, -0.25) is 4.79 Å². The molecule has 0 saturated carbocycles. The number of amides is 1. The van der Waals surface area contributed by atoms with Crippen LogP contribution >= 0.6 is 0 Å². The van der Waals surface area contributed by atoms with E-state index in [0.29, 0.717) is 23.1 Å². The number of ether oxygens (including phenoxy) is 2. The summed E-state index contributed by atoms with van der Waals surface area (Å²) in [6.07, 6.45) is 2.00.